The van der Waals surface area contributed by atoms with Gasteiger partial charge >= 0.3 is 0 Å². The summed E-state index contributed by atoms with van der Waals surface area (Å²) in [4.78, 5) is 2.30. The van der Waals surface area contributed by atoms with Crippen molar-refractivity contribution in [3.05, 3.63) is 115 Å². The second-order valence-electron chi connectivity index (χ2n) is 8.91. The number of nitrogens with zero attached hydrogens (tertiary/aromatic N) is 1. The lowest BCUT2D eigenvalue weighted by Gasteiger charge is -2.25. The minimum atomic E-state index is 0.650. The average molecular weight is 420 g/mol. The highest BCUT2D eigenvalue weighted by atomic mass is 15.1. The second kappa shape index (κ2) is 10.3. The molecule has 0 amide bonds. The molecule has 0 bridgehead atoms. The first-order valence-electron chi connectivity index (χ1n) is 11.8. The maximum atomic E-state index is 2.32. The fraction of sp³-hybridized carbons (Fsp3) is 0.226. The Kier molecular flexibility index (Phi) is 7.07. The molecule has 0 spiro atoms. The van der Waals surface area contributed by atoms with Gasteiger partial charge in [0.2, 0.25) is 0 Å². The normalized spacial score (nSPS) is 12.0. The summed E-state index contributed by atoms with van der Waals surface area (Å²) in [5, 5.41) is 0. The third-order valence-corrected chi connectivity index (χ3v) is 6.12. The quantitative estimate of drug-likeness (QED) is 0.275. The fourth-order valence-corrected chi connectivity index (χ4v) is 4.46. The van der Waals surface area contributed by atoms with Crippen LogP contribution in [0, 0.1) is 5.92 Å². The van der Waals surface area contributed by atoms with Crippen molar-refractivity contribution in [2.24, 2.45) is 5.92 Å². The van der Waals surface area contributed by atoms with Crippen LogP contribution in [0.15, 0.2) is 109 Å². The Labute approximate surface area is 193 Å². The summed E-state index contributed by atoms with van der Waals surface area (Å²) in [5.74, 6) is 1.38. The van der Waals surface area contributed by atoms with Gasteiger partial charge in [-0.3, -0.25) is 0 Å². The molecule has 0 heterocycles. The Morgan fingerprint density at radius 2 is 1.00 bits per heavy atom. The molecule has 0 saturated heterocycles. The molecule has 1 heteroatoms. The van der Waals surface area contributed by atoms with E-state index in [1.165, 1.54) is 29.5 Å². The molecule has 0 N–H and O–H groups in total. The van der Waals surface area contributed by atoms with E-state index in [0.29, 0.717) is 5.92 Å². The first-order valence-corrected chi connectivity index (χ1v) is 11.8. The number of para-hydroxylation sites is 2. The average Bonchev–Trinajstić information content (AvgIpc) is 2.85. The van der Waals surface area contributed by atoms with Crippen LogP contribution in [0.5, 0.6) is 0 Å². The van der Waals surface area contributed by atoms with Crippen molar-refractivity contribution < 1.29 is 0 Å². The van der Waals surface area contributed by atoms with E-state index in [0.717, 1.165) is 23.0 Å². The van der Waals surface area contributed by atoms with E-state index in [2.05, 4.69) is 135 Å². The van der Waals surface area contributed by atoms with Crippen LogP contribution in [-0.2, 0) is 0 Å². The number of anilines is 3. The zero-order chi connectivity index (χ0) is 22.3. The summed E-state index contributed by atoms with van der Waals surface area (Å²) in [7, 11) is 0. The van der Waals surface area contributed by atoms with E-state index in [4.69, 9.17) is 0 Å². The standard InChI is InChI=1S/C31H33N/c1-4-25(23-24(2)3)26-15-17-27(18-16-26)28-19-21-31(22-20-28)32(29-11-7-5-8-12-29)30-13-9-6-10-14-30/h5-22,24-25H,4,23H2,1-3H3. The predicted octanol–water partition coefficient (Wildman–Crippen LogP) is 9.36. The first-order chi connectivity index (χ1) is 15.7. The van der Waals surface area contributed by atoms with Gasteiger partial charge < -0.3 is 4.90 Å². The fourth-order valence-electron chi connectivity index (χ4n) is 4.46. The van der Waals surface area contributed by atoms with E-state index in [1.54, 1.807) is 0 Å². The molecule has 4 aromatic carbocycles. The van der Waals surface area contributed by atoms with Gasteiger partial charge in [-0.05, 0) is 77.8 Å². The SMILES string of the molecule is CCC(CC(C)C)c1ccc(-c2ccc(N(c3ccccc3)c3ccccc3)cc2)cc1. The number of hydrogen-bond acceptors (Lipinski definition) is 1. The van der Waals surface area contributed by atoms with Crippen LogP contribution in [-0.4, -0.2) is 0 Å². The summed E-state index contributed by atoms with van der Waals surface area (Å²) >= 11 is 0. The molecule has 0 saturated carbocycles. The Hall–Kier alpha value is -3.32. The van der Waals surface area contributed by atoms with Crippen LogP contribution in [0.25, 0.3) is 11.1 Å². The van der Waals surface area contributed by atoms with Gasteiger partial charge in [0.05, 0.1) is 0 Å². The maximum absolute atomic E-state index is 2.32. The second-order valence-corrected chi connectivity index (χ2v) is 8.91. The zero-order valence-electron chi connectivity index (χ0n) is 19.4. The smallest absolute Gasteiger partial charge is 0.0462 e. The van der Waals surface area contributed by atoms with Gasteiger partial charge in [-0.25, -0.2) is 0 Å². The molecule has 162 valence electrons. The highest BCUT2D eigenvalue weighted by molar-refractivity contribution is 5.78. The van der Waals surface area contributed by atoms with Crippen LogP contribution >= 0.6 is 0 Å². The van der Waals surface area contributed by atoms with E-state index < -0.39 is 0 Å². The number of rotatable bonds is 8. The van der Waals surface area contributed by atoms with Gasteiger partial charge in [-0.1, -0.05) is 93.6 Å². The number of benzene rings is 4. The molecule has 0 aromatic heterocycles. The zero-order valence-corrected chi connectivity index (χ0v) is 19.4. The third-order valence-electron chi connectivity index (χ3n) is 6.12. The van der Waals surface area contributed by atoms with E-state index in [9.17, 15) is 0 Å². The van der Waals surface area contributed by atoms with Crippen LogP contribution in [0.3, 0.4) is 0 Å². The largest absolute Gasteiger partial charge is 0.311 e. The Morgan fingerprint density at radius 3 is 1.44 bits per heavy atom. The molecule has 1 atom stereocenters. The molecule has 0 aliphatic carbocycles. The lowest BCUT2D eigenvalue weighted by atomic mass is 9.87. The van der Waals surface area contributed by atoms with Gasteiger partial charge in [0.15, 0.2) is 0 Å². The molecular formula is C31H33N. The van der Waals surface area contributed by atoms with Crippen molar-refractivity contribution in [2.45, 2.75) is 39.5 Å². The molecule has 0 fully saturated rings. The molecule has 4 rings (SSSR count). The summed E-state index contributed by atoms with van der Waals surface area (Å²) < 4.78 is 0. The lowest BCUT2D eigenvalue weighted by Crippen LogP contribution is -2.09. The van der Waals surface area contributed by atoms with Crippen LogP contribution < -0.4 is 4.90 Å². The summed E-state index contributed by atoms with van der Waals surface area (Å²) in [6.07, 6.45) is 2.44. The van der Waals surface area contributed by atoms with Crippen LogP contribution in [0.1, 0.15) is 45.1 Å². The van der Waals surface area contributed by atoms with Crippen molar-refractivity contribution in [2.75, 3.05) is 4.90 Å². The molecule has 0 aliphatic heterocycles. The van der Waals surface area contributed by atoms with E-state index in [-0.39, 0.29) is 0 Å². The Bertz CT molecular complexity index is 1040. The van der Waals surface area contributed by atoms with Gasteiger partial charge in [0.25, 0.3) is 0 Å². The molecule has 1 unspecified atom stereocenters. The summed E-state index contributed by atoms with van der Waals surface area (Å²) in [6.45, 7) is 6.92. The van der Waals surface area contributed by atoms with Crippen molar-refractivity contribution >= 4 is 17.1 Å². The molecule has 32 heavy (non-hydrogen) atoms. The molecule has 4 aromatic rings. The summed E-state index contributed by atoms with van der Waals surface area (Å²) in [5.41, 5.74) is 7.45. The minimum absolute atomic E-state index is 0.650. The predicted molar refractivity (Wildman–Crippen MR) is 139 cm³/mol. The van der Waals surface area contributed by atoms with Crippen molar-refractivity contribution in [1.82, 2.24) is 0 Å². The highest BCUT2D eigenvalue weighted by Gasteiger charge is 2.13. The van der Waals surface area contributed by atoms with Crippen molar-refractivity contribution in [3.63, 3.8) is 0 Å². The Morgan fingerprint density at radius 1 is 0.562 bits per heavy atom. The van der Waals surface area contributed by atoms with Crippen LogP contribution in [0.4, 0.5) is 17.1 Å². The first kappa shape index (κ1) is 21.9. The molecule has 0 aliphatic rings. The van der Waals surface area contributed by atoms with Gasteiger partial charge in [0.1, 0.15) is 0 Å². The number of hydrogen-bond donors (Lipinski definition) is 0. The maximum Gasteiger partial charge on any atom is 0.0462 e. The highest BCUT2D eigenvalue weighted by Crippen LogP contribution is 2.35. The Balaban J connectivity index is 1.60. The van der Waals surface area contributed by atoms with Gasteiger partial charge in [-0.2, -0.15) is 0 Å². The van der Waals surface area contributed by atoms with E-state index in [1.807, 2.05) is 0 Å². The molecule has 0 radical (unpaired) electrons. The van der Waals surface area contributed by atoms with Crippen molar-refractivity contribution in [1.29, 1.82) is 0 Å². The topological polar surface area (TPSA) is 3.24 Å². The van der Waals surface area contributed by atoms with E-state index >= 15 is 0 Å². The summed E-state index contributed by atoms with van der Waals surface area (Å²) in [6, 6.07) is 39.2. The van der Waals surface area contributed by atoms with Crippen LogP contribution in [0.2, 0.25) is 0 Å². The van der Waals surface area contributed by atoms with Gasteiger partial charge in [-0.15, -0.1) is 0 Å². The van der Waals surface area contributed by atoms with Gasteiger partial charge in [0, 0.05) is 17.1 Å². The molecular weight excluding hydrogens is 386 g/mol. The lowest BCUT2D eigenvalue weighted by molar-refractivity contribution is 0.489. The monoisotopic (exact) mass is 419 g/mol. The third kappa shape index (κ3) is 5.11. The minimum Gasteiger partial charge on any atom is -0.311 e. The molecule has 1 nitrogen and oxygen atoms in total. The van der Waals surface area contributed by atoms with Crippen molar-refractivity contribution in [3.8, 4) is 11.1 Å².